The monoisotopic (exact) mass is 458 g/mol. The molecule has 1 aliphatic rings. The number of rotatable bonds is 17. The highest BCUT2D eigenvalue weighted by Crippen LogP contribution is 2.43. The summed E-state index contributed by atoms with van der Waals surface area (Å²) < 4.78 is 4.97. The van der Waals surface area contributed by atoms with Crippen molar-refractivity contribution >= 4 is 17.7 Å². The van der Waals surface area contributed by atoms with Gasteiger partial charge >= 0.3 is 5.97 Å². The van der Waals surface area contributed by atoms with Crippen molar-refractivity contribution in [1.29, 1.82) is 0 Å². The van der Waals surface area contributed by atoms with Crippen molar-refractivity contribution in [1.82, 2.24) is 0 Å². The number of unbranched alkanes of at least 4 members (excludes halogenated alkanes) is 6. The molecule has 4 nitrogen and oxygen atoms in total. The molecule has 1 aliphatic carbocycles. The molecule has 0 aromatic carbocycles. The summed E-state index contributed by atoms with van der Waals surface area (Å²) in [5.41, 5.74) is -0.797. The normalized spacial score (nSPS) is 23.6. The fourth-order valence-corrected chi connectivity index (χ4v) is 6.36. The SMILES string of the molecule is CCCCCCC(C)(C)C(C)(O)CSC1CCC(O)C1CCCCCCC(=O)OCC. The standard InChI is InChI=1S/C26H50O4S/c1-6-8-9-14-19-25(3,4)26(5,29)20-31-23-18-17-22(27)21(23)15-12-10-11-13-16-24(28)30-7-2/h21-23,27,29H,6-20H2,1-5H3. The van der Waals surface area contributed by atoms with E-state index in [4.69, 9.17) is 4.74 Å². The summed E-state index contributed by atoms with van der Waals surface area (Å²) in [5, 5.41) is 22.2. The third-order valence-corrected chi connectivity index (χ3v) is 9.13. The number of carbonyl (C=O) groups is 1. The first kappa shape index (κ1) is 28.8. The van der Waals surface area contributed by atoms with Gasteiger partial charge < -0.3 is 14.9 Å². The Bertz CT molecular complexity index is 492. The van der Waals surface area contributed by atoms with Gasteiger partial charge in [0, 0.05) is 17.4 Å². The summed E-state index contributed by atoms with van der Waals surface area (Å²) in [6, 6.07) is 0. The molecule has 0 saturated heterocycles. The molecule has 0 spiro atoms. The van der Waals surface area contributed by atoms with Crippen LogP contribution in [0.25, 0.3) is 0 Å². The molecular weight excluding hydrogens is 408 g/mol. The van der Waals surface area contributed by atoms with Gasteiger partial charge in [-0.25, -0.2) is 0 Å². The molecule has 31 heavy (non-hydrogen) atoms. The highest BCUT2D eigenvalue weighted by molar-refractivity contribution is 8.00. The lowest BCUT2D eigenvalue weighted by Crippen LogP contribution is -2.44. The molecule has 0 heterocycles. The molecule has 0 aliphatic heterocycles. The second-order valence-corrected chi connectivity index (χ2v) is 11.6. The van der Waals surface area contributed by atoms with E-state index in [-0.39, 0.29) is 17.5 Å². The van der Waals surface area contributed by atoms with E-state index < -0.39 is 5.60 Å². The molecule has 1 fully saturated rings. The van der Waals surface area contributed by atoms with E-state index in [1.165, 1.54) is 25.7 Å². The number of carbonyl (C=O) groups excluding carboxylic acids is 1. The number of thioether (sulfide) groups is 1. The van der Waals surface area contributed by atoms with E-state index in [9.17, 15) is 15.0 Å². The third-order valence-electron chi connectivity index (χ3n) is 7.38. The Kier molecular flexibility index (Phi) is 13.7. The molecular formula is C26H50O4S. The predicted molar refractivity (Wildman–Crippen MR) is 132 cm³/mol. The zero-order chi connectivity index (χ0) is 23.3. The predicted octanol–water partition coefficient (Wildman–Crippen LogP) is 6.51. The summed E-state index contributed by atoms with van der Waals surface area (Å²) in [4.78, 5) is 11.4. The minimum Gasteiger partial charge on any atom is -0.466 e. The van der Waals surface area contributed by atoms with Crippen LogP contribution in [0.5, 0.6) is 0 Å². The molecule has 0 aromatic rings. The Labute approximate surface area is 196 Å². The van der Waals surface area contributed by atoms with Crippen LogP contribution in [0.3, 0.4) is 0 Å². The summed E-state index contributed by atoms with van der Waals surface area (Å²) in [6.45, 7) is 10.9. The number of aliphatic hydroxyl groups is 2. The number of ether oxygens (including phenoxy) is 1. The van der Waals surface area contributed by atoms with Crippen LogP contribution in [0.1, 0.15) is 118 Å². The number of hydrogen-bond acceptors (Lipinski definition) is 5. The first-order chi connectivity index (χ1) is 14.6. The van der Waals surface area contributed by atoms with Gasteiger partial charge in [0.2, 0.25) is 0 Å². The smallest absolute Gasteiger partial charge is 0.305 e. The van der Waals surface area contributed by atoms with Crippen molar-refractivity contribution in [2.24, 2.45) is 11.3 Å². The number of aliphatic hydroxyl groups excluding tert-OH is 1. The van der Waals surface area contributed by atoms with Crippen molar-refractivity contribution in [2.45, 2.75) is 135 Å². The molecule has 184 valence electrons. The summed E-state index contributed by atoms with van der Waals surface area (Å²) >= 11 is 1.88. The van der Waals surface area contributed by atoms with E-state index in [0.29, 0.717) is 24.2 Å². The van der Waals surface area contributed by atoms with Crippen LogP contribution in [0, 0.1) is 11.3 Å². The van der Waals surface area contributed by atoms with Gasteiger partial charge in [-0.1, -0.05) is 65.7 Å². The van der Waals surface area contributed by atoms with E-state index in [0.717, 1.165) is 57.1 Å². The molecule has 0 bridgehead atoms. The summed E-state index contributed by atoms with van der Waals surface area (Å²) in [5.74, 6) is 0.977. The zero-order valence-corrected chi connectivity index (χ0v) is 21.8. The highest BCUT2D eigenvalue weighted by Gasteiger charge is 2.41. The molecule has 4 atom stereocenters. The molecule has 0 amide bonds. The minimum atomic E-state index is -0.699. The van der Waals surface area contributed by atoms with Gasteiger partial charge in [-0.2, -0.15) is 11.8 Å². The highest BCUT2D eigenvalue weighted by atomic mass is 32.2. The van der Waals surface area contributed by atoms with E-state index >= 15 is 0 Å². The van der Waals surface area contributed by atoms with Gasteiger partial charge in [-0.05, 0) is 57.3 Å². The number of hydrogen-bond donors (Lipinski definition) is 2. The molecule has 1 saturated carbocycles. The van der Waals surface area contributed by atoms with Crippen LogP contribution in [0.4, 0.5) is 0 Å². The van der Waals surface area contributed by atoms with Crippen molar-refractivity contribution in [3.05, 3.63) is 0 Å². The summed E-state index contributed by atoms with van der Waals surface area (Å²) in [7, 11) is 0. The van der Waals surface area contributed by atoms with E-state index in [2.05, 4.69) is 20.8 Å². The van der Waals surface area contributed by atoms with Gasteiger partial charge in [0.1, 0.15) is 0 Å². The molecule has 0 aromatic heterocycles. The molecule has 5 heteroatoms. The topological polar surface area (TPSA) is 66.8 Å². The largest absolute Gasteiger partial charge is 0.466 e. The Balaban J connectivity index is 2.37. The lowest BCUT2D eigenvalue weighted by atomic mass is 9.73. The maximum atomic E-state index is 11.4. The van der Waals surface area contributed by atoms with Crippen LogP contribution in [0.2, 0.25) is 0 Å². The maximum Gasteiger partial charge on any atom is 0.305 e. The van der Waals surface area contributed by atoms with Gasteiger partial charge in [0.15, 0.2) is 0 Å². The average molecular weight is 459 g/mol. The first-order valence-electron chi connectivity index (χ1n) is 12.8. The van der Waals surface area contributed by atoms with Gasteiger partial charge in [0.25, 0.3) is 0 Å². The minimum absolute atomic E-state index is 0.0921. The van der Waals surface area contributed by atoms with Crippen LogP contribution < -0.4 is 0 Å². The Morgan fingerprint density at radius 3 is 2.35 bits per heavy atom. The lowest BCUT2D eigenvalue weighted by Gasteiger charge is -2.41. The van der Waals surface area contributed by atoms with Crippen LogP contribution in [0.15, 0.2) is 0 Å². The molecule has 4 unspecified atom stereocenters. The van der Waals surface area contributed by atoms with E-state index in [1.54, 1.807) is 0 Å². The van der Waals surface area contributed by atoms with E-state index in [1.807, 2.05) is 25.6 Å². The summed E-state index contributed by atoms with van der Waals surface area (Å²) in [6.07, 6.45) is 13.4. The Morgan fingerprint density at radius 2 is 1.68 bits per heavy atom. The maximum absolute atomic E-state index is 11.4. The molecule has 2 N–H and O–H groups in total. The Morgan fingerprint density at radius 1 is 1.00 bits per heavy atom. The van der Waals surface area contributed by atoms with Crippen molar-refractivity contribution < 1.29 is 19.7 Å². The lowest BCUT2D eigenvalue weighted by molar-refractivity contribution is -0.143. The fourth-order valence-electron chi connectivity index (χ4n) is 4.56. The first-order valence-corrected chi connectivity index (χ1v) is 13.9. The molecule has 0 radical (unpaired) electrons. The van der Waals surface area contributed by atoms with Crippen LogP contribution in [-0.2, 0) is 9.53 Å². The second kappa shape index (κ2) is 14.8. The van der Waals surface area contributed by atoms with Gasteiger partial charge in [-0.3, -0.25) is 4.79 Å². The number of esters is 1. The second-order valence-electron chi connectivity index (χ2n) is 10.4. The fraction of sp³-hybridized carbons (Fsp3) is 0.962. The van der Waals surface area contributed by atoms with Crippen molar-refractivity contribution in [2.75, 3.05) is 12.4 Å². The van der Waals surface area contributed by atoms with Crippen molar-refractivity contribution in [3.8, 4) is 0 Å². The van der Waals surface area contributed by atoms with Crippen LogP contribution in [-0.4, -0.2) is 45.5 Å². The average Bonchev–Trinajstić information content (AvgIpc) is 3.06. The van der Waals surface area contributed by atoms with Crippen molar-refractivity contribution in [3.63, 3.8) is 0 Å². The van der Waals surface area contributed by atoms with Gasteiger partial charge in [-0.15, -0.1) is 0 Å². The van der Waals surface area contributed by atoms with Crippen LogP contribution >= 0.6 is 11.8 Å². The quantitative estimate of drug-likeness (QED) is 0.192. The molecule has 1 rings (SSSR count). The third kappa shape index (κ3) is 10.5. The Hall–Kier alpha value is -0.260. The van der Waals surface area contributed by atoms with Gasteiger partial charge in [0.05, 0.1) is 18.3 Å². The zero-order valence-electron chi connectivity index (χ0n) is 21.0.